The molecule has 0 atom stereocenters. The van der Waals surface area contributed by atoms with Crippen LogP contribution in [0.1, 0.15) is 89.9 Å². The molecule has 0 unspecified atom stereocenters. The molecule has 2 heteroatoms. The van der Waals surface area contributed by atoms with E-state index in [1.807, 2.05) is 0 Å². The standard InChI is InChI=1S/C16H30O2/c17-16(18)14-10-5-3-1-2-4-7-11-15-12-8-6-9-13-15/h15H,1-14H2,(H,17,18). The molecule has 0 radical (unpaired) electrons. The van der Waals surface area contributed by atoms with Crippen molar-refractivity contribution in [2.45, 2.75) is 89.9 Å². The third-order valence-electron chi connectivity index (χ3n) is 4.23. The zero-order chi connectivity index (χ0) is 13.1. The molecule has 0 bridgehead atoms. The van der Waals surface area contributed by atoms with Crippen molar-refractivity contribution in [1.82, 2.24) is 0 Å². The minimum absolute atomic E-state index is 0.349. The highest BCUT2D eigenvalue weighted by Crippen LogP contribution is 2.28. The van der Waals surface area contributed by atoms with E-state index in [1.165, 1.54) is 70.6 Å². The number of carboxylic acid groups (broad SMARTS) is 1. The van der Waals surface area contributed by atoms with Crippen LogP contribution in [0.15, 0.2) is 0 Å². The van der Waals surface area contributed by atoms with E-state index in [2.05, 4.69) is 0 Å². The van der Waals surface area contributed by atoms with Crippen LogP contribution in [0, 0.1) is 5.92 Å². The first-order valence-corrected chi connectivity index (χ1v) is 8.01. The predicted molar refractivity (Wildman–Crippen MR) is 75.8 cm³/mol. The largest absolute Gasteiger partial charge is 0.481 e. The van der Waals surface area contributed by atoms with Crippen LogP contribution in [0.3, 0.4) is 0 Å². The van der Waals surface area contributed by atoms with Crippen molar-refractivity contribution in [3.63, 3.8) is 0 Å². The Morgan fingerprint density at radius 1 is 0.833 bits per heavy atom. The van der Waals surface area contributed by atoms with Crippen LogP contribution < -0.4 is 0 Å². The van der Waals surface area contributed by atoms with Crippen LogP contribution in [-0.2, 0) is 4.79 Å². The Kier molecular flexibility index (Phi) is 8.97. The van der Waals surface area contributed by atoms with Gasteiger partial charge in [-0.3, -0.25) is 4.79 Å². The van der Waals surface area contributed by atoms with E-state index in [1.54, 1.807) is 0 Å². The van der Waals surface area contributed by atoms with Gasteiger partial charge in [-0.05, 0) is 12.3 Å². The van der Waals surface area contributed by atoms with Crippen molar-refractivity contribution >= 4 is 5.97 Å². The van der Waals surface area contributed by atoms with Crippen molar-refractivity contribution in [3.8, 4) is 0 Å². The molecule has 2 nitrogen and oxygen atoms in total. The second-order valence-corrected chi connectivity index (χ2v) is 5.91. The zero-order valence-corrected chi connectivity index (χ0v) is 11.8. The molecular formula is C16H30O2. The highest BCUT2D eigenvalue weighted by Gasteiger charge is 2.12. The van der Waals surface area contributed by atoms with Crippen molar-refractivity contribution in [3.05, 3.63) is 0 Å². The maximum absolute atomic E-state index is 10.3. The van der Waals surface area contributed by atoms with Gasteiger partial charge in [0.15, 0.2) is 0 Å². The van der Waals surface area contributed by atoms with E-state index in [-0.39, 0.29) is 0 Å². The minimum Gasteiger partial charge on any atom is -0.481 e. The van der Waals surface area contributed by atoms with Gasteiger partial charge < -0.3 is 5.11 Å². The van der Waals surface area contributed by atoms with Crippen molar-refractivity contribution in [2.75, 3.05) is 0 Å². The first-order valence-electron chi connectivity index (χ1n) is 8.01. The average molecular weight is 254 g/mol. The normalized spacial score (nSPS) is 16.9. The predicted octanol–water partition coefficient (Wildman–Crippen LogP) is 5.16. The van der Waals surface area contributed by atoms with E-state index in [0.717, 1.165) is 18.8 Å². The van der Waals surface area contributed by atoms with Crippen molar-refractivity contribution in [2.24, 2.45) is 5.92 Å². The maximum Gasteiger partial charge on any atom is 0.303 e. The van der Waals surface area contributed by atoms with Gasteiger partial charge in [0.2, 0.25) is 0 Å². The third-order valence-corrected chi connectivity index (χ3v) is 4.23. The summed E-state index contributed by atoms with van der Waals surface area (Å²) in [6, 6.07) is 0. The highest BCUT2D eigenvalue weighted by molar-refractivity contribution is 5.66. The topological polar surface area (TPSA) is 37.3 Å². The summed E-state index contributed by atoms with van der Waals surface area (Å²) in [6.07, 6.45) is 17.8. The molecule has 106 valence electrons. The summed E-state index contributed by atoms with van der Waals surface area (Å²) >= 11 is 0. The Bertz CT molecular complexity index is 207. The lowest BCUT2D eigenvalue weighted by atomic mass is 9.85. The fourth-order valence-electron chi connectivity index (χ4n) is 3.07. The fraction of sp³-hybridized carbons (Fsp3) is 0.938. The van der Waals surface area contributed by atoms with E-state index in [9.17, 15) is 4.79 Å². The number of unbranched alkanes of at least 4 members (excludes halogenated alkanes) is 6. The molecule has 0 aliphatic heterocycles. The molecule has 0 aromatic heterocycles. The van der Waals surface area contributed by atoms with E-state index in [0.29, 0.717) is 6.42 Å². The van der Waals surface area contributed by atoms with Crippen LogP contribution in [0.5, 0.6) is 0 Å². The summed E-state index contributed by atoms with van der Waals surface area (Å²) in [4.78, 5) is 10.3. The smallest absolute Gasteiger partial charge is 0.303 e. The Morgan fingerprint density at radius 3 is 2.00 bits per heavy atom. The van der Waals surface area contributed by atoms with Gasteiger partial charge in [-0.1, -0.05) is 77.0 Å². The van der Waals surface area contributed by atoms with Crippen LogP contribution in [0.2, 0.25) is 0 Å². The quantitative estimate of drug-likeness (QED) is 0.547. The van der Waals surface area contributed by atoms with Gasteiger partial charge in [0.05, 0.1) is 0 Å². The number of hydrogen-bond donors (Lipinski definition) is 1. The molecule has 0 aromatic carbocycles. The summed E-state index contributed by atoms with van der Waals surface area (Å²) in [5.41, 5.74) is 0. The second-order valence-electron chi connectivity index (χ2n) is 5.91. The SMILES string of the molecule is O=C(O)CCCCCCCCCC1CCCCC1. The van der Waals surface area contributed by atoms with Crippen molar-refractivity contribution in [1.29, 1.82) is 0 Å². The lowest BCUT2D eigenvalue weighted by molar-refractivity contribution is -0.137. The molecule has 0 amide bonds. The molecule has 0 spiro atoms. The molecule has 0 heterocycles. The molecule has 0 aromatic rings. The van der Waals surface area contributed by atoms with Crippen LogP contribution in [0.4, 0.5) is 0 Å². The molecule has 1 aliphatic rings. The Labute approximate surface area is 112 Å². The summed E-state index contributed by atoms with van der Waals surface area (Å²) in [7, 11) is 0. The number of carboxylic acids is 1. The number of hydrogen-bond acceptors (Lipinski definition) is 1. The molecule has 0 saturated heterocycles. The van der Waals surface area contributed by atoms with Crippen LogP contribution >= 0.6 is 0 Å². The zero-order valence-electron chi connectivity index (χ0n) is 11.8. The van der Waals surface area contributed by atoms with Gasteiger partial charge in [0.1, 0.15) is 0 Å². The Hall–Kier alpha value is -0.530. The highest BCUT2D eigenvalue weighted by atomic mass is 16.4. The fourth-order valence-corrected chi connectivity index (χ4v) is 3.07. The lowest BCUT2D eigenvalue weighted by Crippen LogP contribution is -2.05. The summed E-state index contributed by atoms with van der Waals surface area (Å²) in [5.74, 6) is 0.386. The molecule has 18 heavy (non-hydrogen) atoms. The third kappa shape index (κ3) is 8.54. The van der Waals surface area contributed by atoms with E-state index >= 15 is 0 Å². The molecule has 1 saturated carbocycles. The summed E-state index contributed by atoms with van der Waals surface area (Å²) in [5, 5.41) is 8.51. The lowest BCUT2D eigenvalue weighted by Gasteiger charge is -2.21. The molecule has 1 fully saturated rings. The first-order chi connectivity index (χ1) is 8.79. The van der Waals surface area contributed by atoms with Crippen LogP contribution in [-0.4, -0.2) is 11.1 Å². The average Bonchev–Trinajstić information content (AvgIpc) is 2.37. The van der Waals surface area contributed by atoms with Gasteiger partial charge in [-0.2, -0.15) is 0 Å². The van der Waals surface area contributed by atoms with E-state index < -0.39 is 5.97 Å². The van der Waals surface area contributed by atoms with Gasteiger partial charge in [0.25, 0.3) is 0 Å². The molecule has 1 aliphatic carbocycles. The Morgan fingerprint density at radius 2 is 1.39 bits per heavy atom. The molecule has 1 rings (SSSR count). The van der Waals surface area contributed by atoms with Gasteiger partial charge in [-0.25, -0.2) is 0 Å². The van der Waals surface area contributed by atoms with Crippen molar-refractivity contribution < 1.29 is 9.90 Å². The summed E-state index contributed by atoms with van der Waals surface area (Å²) < 4.78 is 0. The minimum atomic E-state index is -0.650. The molecule has 1 N–H and O–H groups in total. The molecular weight excluding hydrogens is 224 g/mol. The van der Waals surface area contributed by atoms with Gasteiger partial charge in [-0.15, -0.1) is 0 Å². The first kappa shape index (κ1) is 15.5. The van der Waals surface area contributed by atoms with E-state index in [4.69, 9.17) is 5.11 Å². The van der Waals surface area contributed by atoms with Gasteiger partial charge >= 0.3 is 5.97 Å². The summed E-state index contributed by atoms with van der Waals surface area (Å²) in [6.45, 7) is 0. The number of rotatable bonds is 10. The van der Waals surface area contributed by atoms with Gasteiger partial charge in [0, 0.05) is 6.42 Å². The van der Waals surface area contributed by atoms with Crippen LogP contribution in [0.25, 0.3) is 0 Å². The number of carbonyl (C=O) groups is 1. The Balaban J connectivity index is 1.76. The monoisotopic (exact) mass is 254 g/mol. The number of aliphatic carboxylic acids is 1. The second kappa shape index (κ2) is 10.4. The maximum atomic E-state index is 10.3.